The predicted octanol–water partition coefficient (Wildman–Crippen LogP) is 2.28. The Morgan fingerprint density at radius 1 is 1.39 bits per heavy atom. The van der Waals surface area contributed by atoms with Crippen molar-refractivity contribution in [3.63, 3.8) is 0 Å². The Labute approximate surface area is 109 Å². The average Bonchev–Trinajstić information content (AvgIpc) is 2.27. The van der Waals surface area contributed by atoms with Gasteiger partial charge in [-0.25, -0.2) is 0 Å². The fraction of sp³-hybridized carbons (Fsp3) is 0.533. The van der Waals surface area contributed by atoms with Gasteiger partial charge in [-0.05, 0) is 32.0 Å². The molecule has 1 aromatic rings. The van der Waals surface area contributed by atoms with E-state index in [1.165, 1.54) is 16.7 Å². The topological polar surface area (TPSA) is 36.3 Å². The number of hydrogen-bond acceptors (Lipinski definition) is 3. The fourth-order valence-corrected chi connectivity index (χ4v) is 2.43. The first-order valence-corrected chi connectivity index (χ1v) is 6.28. The lowest BCUT2D eigenvalue weighted by molar-refractivity contribution is -0.0895. The van der Waals surface area contributed by atoms with Gasteiger partial charge in [0.05, 0.1) is 19.3 Å². The van der Waals surface area contributed by atoms with Crippen LogP contribution in [-0.4, -0.2) is 31.7 Å². The molecule has 0 aromatic heterocycles. The molecule has 0 aliphatic carbocycles. The highest BCUT2D eigenvalue weighted by Gasteiger charge is 2.39. The minimum Gasteiger partial charge on any atom is -0.378 e. The van der Waals surface area contributed by atoms with E-state index >= 15 is 0 Å². The van der Waals surface area contributed by atoms with Crippen molar-refractivity contribution < 1.29 is 4.74 Å². The molecule has 96 valence electrons. The van der Waals surface area contributed by atoms with Crippen LogP contribution in [0, 0.1) is 30.6 Å². The van der Waals surface area contributed by atoms with Gasteiger partial charge in [0.1, 0.15) is 5.41 Å². The van der Waals surface area contributed by atoms with Crippen molar-refractivity contribution in [2.45, 2.75) is 20.4 Å². The SMILES string of the molecule is Cc1ccc(CN(C)CC2(C#N)COC2)c(C)c1. The Balaban J connectivity index is 1.99. The quantitative estimate of drug-likeness (QED) is 0.815. The molecule has 0 bridgehead atoms. The minimum absolute atomic E-state index is 0.284. The van der Waals surface area contributed by atoms with Gasteiger partial charge in [-0.2, -0.15) is 5.26 Å². The van der Waals surface area contributed by atoms with Crippen LogP contribution in [0.1, 0.15) is 16.7 Å². The van der Waals surface area contributed by atoms with Crippen LogP contribution in [0.4, 0.5) is 0 Å². The van der Waals surface area contributed by atoms with Gasteiger partial charge in [0, 0.05) is 13.1 Å². The molecule has 3 nitrogen and oxygen atoms in total. The van der Waals surface area contributed by atoms with E-state index in [9.17, 15) is 5.26 Å². The Morgan fingerprint density at radius 2 is 2.11 bits per heavy atom. The predicted molar refractivity (Wildman–Crippen MR) is 71.1 cm³/mol. The molecule has 0 unspecified atom stereocenters. The van der Waals surface area contributed by atoms with E-state index < -0.39 is 0 Å². The maximum atomic E-state index is 9.19. The number of rotatable bonds is 4. The molecule has 0 radical (unpaired) electrons. The van der Waals surface area contributed by atoms with Crippen LogP contribution in [-0.2, 0) is 11.3 Å². The van der Waals surface area contributed by atoms with Crippen LogP contribution in [0.25, 0.3) is 0 Å². The normalized spacial score (nSPS) is 17.3. The molecule has 0 amide bonds. The van der Waals surface area contributed by atoms with Crippen LogP contribution >= 0.6 is 0 Å². The molecule has 1 aromatic carbocycles. The van der Waals surface area contributed by atoms with Gasteiger partial charge < -0.3 is 9.64 Å². The molecule has 0 N–H and O–H groups in total. The van der Waals surface area contributed by atoms with Crippen LogP contribution in [0.15, 0.2) is 18.2 Å². The first-order valence-electron chi connectivity index (χ1n) is 6.28. The van der Waals surface area contributed by atoms with Crippen molar-refractivity contribution in [2.24, 2.45) is 5.41 Å². The van der Waals surface area contributed by atoms with E-state index in [0.29, 0.717) is 13.2 Å². The van der Waals surface area contributed by atoms with E-state index in [-0.39, 0.29) is 5.41 Å². The van der Waals surface area contributed by atoms with Crippen molar-refractivity contribution in [3.05, 3.63) is 34.9 Å². The zero-order chi connectivity index (χ0) is 13.2. The van der Waals surface area contributed by atoms with Gasteiger partial charge in [-0.3, -0.25) is 0 Å². The lowest BCUT2D eigenvalue weighted by Crippen LogP contribution is -2.48. The Kier molecular flexibility index (Phi) is 3.70. The third-order valence-corrected chi connectivity index (χ3v) is 3.50. The van der Waals surface area contributed by atoms with E-state index in [4.69, 9.17) is 4.74 Å². The van der Waals surface area contributed by atoms with E-state index in [2.05, 4.69) is 50.1 Å². The van der Waals surface area contributed by atoms with Gasteiger partial charge in [0.15, 0.2) is 0 Å². The highest BCUT2D eigenvalue weighted by Crippen LogP contribution is 2.27. The van der Waals surface area contributed by atoms with Gasteiger partial charge in [0.2, 0.25) is 0 Å². The summed E-state index contributed by atoms with van der Waals surface area (Å²) in [6, 6.07) is 8.91. The summed E-state index contributed by atoms with van der Waals surface area (Å²) in [5.41, 5.74) is 3.65. The molecular formula is C15H20N2O. The number of nitrogens with zero attached hydrogens (tertiary/aromatic N) is 2. The maximum Gasteiger partial charge on any atom is 0.116 e. The summed E-state index contributed by atoms with van der Waals surface area (Å²) >= 11 is 0. The second-order valence-corrected chi connectivity index (χ2v) is 5.49. The fourth-order valence-electron chi connectivity index (χ4n) is 2.43. The molecule has 0 saturated carbocycles. The molecule has 0 atom stereocenters. The number of hydrogen-bond donors (Lipinski definition) is 0. The molecular weight excluding hydrogens is 224 g/mol. The summed E-state index contributed by atoms with van der Waals surface area (Å²) in [5, 5.41) is 9.19. The lowest BCUT2D eigenvalue weighted by Gasteiger charge is -2.38. The Morgan fingerprint density at radius 3 is 2.61 bits per heavy atom. The van der Waals surface area contributed by atoms with Crippen LogP contribution in [0.3, 0.4) is 0 Å². The monoisotopic (exact) mass is 244 g/mol. The smallest absolute Gasteiger partial charge is 0.116 e. The molecule has 0 spiro atoms. The molecule has 18 heavy (non-hydrogen) atoms. The molecule has 1 heterocycles. The molecule has 1 fully saturated rings. The van der Waals surface area contributed by atoms with Crippen molar-refractivity contribution in [2.75, 3.05) is 26.8 Å². The summed E-state index contributed by atoms with van der Waals surface area (Å²) in [7, 11) is 2.07. The maximum absolute atomic E-state index is 9.19. The second-order valence-electron chi connectivity index (χ2n) is 5.49. The molecule has 1 saturated heterocycles. The number of aryl methyl sites for hydroxylation is 2. The number of benzene rings is 1. The molecule has 1 aliphatic rings. The van der Waals surface area contributed by atoms with E-state index in [1.54, 1.807) is 0 Å². The minimum atomic E-state index is -0.284. The zero-order valence-corrected chi connectivity index (χ0v) is 11.4. The summed E-state index contributed by atoms with van der Waals surface area (Å²) < 4.78 is 5.17. The van der Waals surface area contributed by atoms with Crippen molar-refractivity contribution in [1.29, 1.82) is 5.26 Å². The molecule has 2 rings (SSSR count). The Hall–Kier alpha value is -1.37. The molecule has 1 aliphatic heterocycles. The average molecular weight is 244 g/mol. The van der Waals surface area contributed by atoms with Gasteiger partial charge >= 0.3 is 0 Å². The van der Waals surface area contributed by atoms with Crippen molar-refractivity contribution in [1.82, 2.24) is 4.90 Å². The zero-order valence-electron chi connectivity index (χ0n) is 11.4. The van der Waals surface area contributed by atoms with E-state index in [1.807, 2.05) is 0 Å². The van der Waals surface area contributed by atoms with Crippen LogP contribution in [0.5, 0.6) is 0 Å². The first-order chi connectivity index (χ1) is 8.54. The lowest BCUT2D eigenvalue weighted by atomic mass is 9.87. The van der Waals surface area contributed by atoms with Crippen molar-refractivity contribution in [3.8, 4) is 6.07 Å². The standard InChI is InChI=1S/C15H20N2O/c1-12-4-5-14(13(2)6-12)7-17(3)9-15(8-16)10-18-11-15/h4-6H,7,9-11H2,1-3H3. The van der Waals surface area contributed by atoms with Crippen LogP contribution < -0.4 is 0 Å². The summed E-state index contributed by atoms with van der Waals surface area (Å²) in [6.07, 6.45) is 0. The third-order valence-electron chi connectivity index (χ3n) is 3.50. The summed E-state index contributed by atoms with van der Waals surface area (Å²) in [5.74, 6) is 0. The van der Waals surface area contributed by atoms with E-state index in [0.717, 1.165) is 13.1 Å². The summed E-state index contributed by atoms with van der Waals surface area (Å²) in [4.78, 5) is 2.21. The van der Waals surface area contributed by atoms with Crippen LogP contribution in [0.2, 0.25) is 0 Å². The van der Waals surface area contributed by atoms with Gasteiger partial charge in [-0.1, -0.05) is 23.8 Å². The number of nitriles is 1. The highest BCUT2D eigenvalue weighted by molar-refractivity contribution is 5.30. The summed E-state index contributed by atoms with van der Waals surface area (Å²) in [6.45, 7) is 7.05. The van der Waals surface area contributed by atoms with Crippen molar-refractivity contribution >= 4 is 0 Å². The number of ether oxygens (including phenoxy) is 1. The Bertz CT molecular complexity index is 472. The third kappa shape index (κ3) is 2.72. The largest absolute Gasteiger partial charge is 0.378 e. The van der Waals surface area contributed by atoms with Gasteiger partial charge in [0.25, 0.3) is 0 Å². The highest BCUT2D eigenvalue weighted by atomic mass is 16.5. The molecule has 3 heteroatoms. The van der Waals surface area contributed by atoms with Gasteiger partial charge in [-0.15, -0.1) is 0 Å². The second kappa shape index (κ2) is 5.09. The first kappa shape index (κ1) is 13.1.